The molecule has 2 unspecified atom stereocenters. The van der Waals surface area contributed by atoms with E-state index in [1.54, 1.807) is 24.3 Å². The SMILES string of the molecule is Cl.O=C(c1ccccc1Cl)C1CCCC(N2CCCCC2)C1=O. The van der Waals surface area contributed by atoms with Crippen LogP contribution in [0, 0.1) is 5.92 Å². The second-order valence-electron chi connectivity index (χ2n) is 6.34. The number of ketones is 2. The Balaban J connectivity index is 0.00000192. The van der Waals surface area contributed by atoms with Gasteiger partial charge in [0.1, 0.15) is 0 Å². The average molecular weight is 356 g/mol. The van der Waals surface area contributed by atoms with Gasteiger partial charge in [0.2, 0.25) is 0 Å². The van der Waals surface area contributed by atoms with E-state index in [2.05, 4.69) is 4.90 Å². The van der Waals surface area contributed by atoms with E-state index >= 15 is 0 Å². The predicted molar refractivity (Wildman–Crippen MR) is 94.6 cm³/mol. The molecule has 2 atom stereocenters. The fraction of sp³-hybridized carbons (Fsp3) is 0.556. The van der Waals surface area contributed by atoms with Gasteiger partial charge < -0.3 is 0 Å². The van der Waals surface area contributed by atoms with Crippen molar-refractivity contribution in [1.29, 1.82) is 0 Å². The molecule has 3 nitrogen and oxygen atoms in total. The second kappa shape index (κ2) is 8.27. The largest absolute Gasteiger partial charge is 0.297 e. The van der Waals surface area contributed by atoms with Crippen molar-refractivity contribution in [3.8, 4) is 0 Å². The molecule has 126 valence electrons. The molecule has 2 fully saturated rings. The normalized spacial score (nSPS) is 25.7. The fourth-order valence-electron chi connectivity index (χ4n) is 3.73. The first-order chi connectivity index (χ1) is 10.7. The number of hydrogen-bond acceptors (Lipinski definition) is 3. The molecule has 23 heavy (non-hydrogen) atoms. The van der Waals surface area contributed by atoms with Crippen LogP contribution in [0.4, 0.5) is 0 Å². The predicted octanol–water partition coefficient (Wildman–Crippen LogP) is 4.17. The molecule has 2 aliphatic rings. The summed E-state index contributed by atoms with van der Waals surface area (Å²) in [4.78, 5) is 27.9. The van der Waals surface area contributed by atoms with Crippen LogP contribution in [0.1, 0.15) is 48.9 Å². The maximum Gasteiger partial charge on any atom is 0.174 e. The van der Waals surface area contributed by atoms with Crippen molar-refractivity contribution < 1.29 is 9.59 Å². The van der Waals surface area contributed by atoms with Crippen LogP contribution in [-0.4, -0.2) is 35.6 Å². The minimum atomic E-state index is -0.513. The van der Waals surface area contributed by atoms with Gasteiger partial charge in [-0.2, -0.15) is 0 Å². The molecule has 1 aliphatic carbocycles. The highest BCUT2D eigenvalue weighted by Gasteiger charge is 2.39. The van der Waals surface area contributed by atoms with E-state index in [0.29, 0.717) is 17.0 Å². The zero-order valence-electron chi connectivity index (χ0n) is 13.2. The monoisotopic (exact) mass is 355 g/mol. The summed E-state index contributed by atoms with van der Waals surface area (Å²) in [5, 5.41) is 0.445. The molecule has 5 heteroatoms. The van der Waals surface area contributed by atoms with E-state index in [1.807, 2.05) is 0 Å². The lowest BCUT2D eigenvalue weighted by Gasteiger charge is -2.37. The third kappa shape index (κ3) is 3.96. The summed E-state index contributed by atoms with van der Waals surface area (Å²) in [7, 11) is 0. The first-order valence-electron chi connectivity index (χ1n) is 8.25. The van der Waals surface area contributed by atoms with Gasteiger partial charge in [-0.3, -0.25) is 14.5 Å². The summed E-state index contributed by atoms with van der Waals surface area (Å²) >= 11 is 6.13. The van der Waals surface area contributed by atoms with Gasteiger partial charge in [-0.1, -0.05) is 36.6 Å². The van der Waals surface area contributed by atoms with E-state index in [4.69, 9.17) is 11.6 Å². The lowest BCUT2D eigenvalue weighted by atomic mass is 9.79. The molecular formula is C18H23Cl2NO2. The Hall–Kier alpha value is -0.900. The average Bonchev–Trinajstić information content (AvgIpc) is 2.56. The van der Waals surface area contributed by atoms with E-state index < -0.39 is 5.92 Å². The zero-order valence-corrected chi connectivity index (χ0v) is 14.7. The van der Waals surface area contributed by atoms with Crippen LogP contribution >= 0.6 is 24.0 Å². The standard InChI is InChI=1S/C18H22ClNO2.ClH/c19-15-9-3-2-7-13(15)17(21)14-8-6-10-16(18(14)22)20-11-4-1-5-12-20;/h2-3,7,9,14,16H,1,4-6,8,10-12H2;1H. The van der Waals surface area contributed by atoms with Crippen LogP contribution in [-0.2, 0) is 4.79 Å². The van der Waals surface area contributed by atoms with E-state index in [0.717, 1.165) is 38.8 Å². The number of carbonyl (C=O) groups excluding carboxylic acids is 2. The van der Waals surface area contributed by atoms with Crippen LogP contribution in [0.15, 0.2) is 24.3 Å². The summed E-state index contributed by atoms with van der Waals surface area (Å²) in [5.41, 5.74) is 0.488. The maximum absolute atomic E-state index is 12.8. The van der Waals surface area contributed by atoms with Crippen LogP contribution in [0.2, 0.25) is 5.02 Å². The minimum Gasteiger partial charge on any atom is -0.297 e. The Labute approximate surface area is 148 Å². The Morgan fingerprint density at radius 2 is 1.74 bits per heavy atom. The van der Waals surface area contributed by atoms with Crippen molar-refractivity contribution in [3.63, 3.8) is 0 Å². The lowest BCUT2D eigenvalue weighted by Crippen LogP contribution is -2.49. The number of piperidine rings is 1. The molecule has 0 N–H and O–H groups in total. The number of Topliss-reactive ketones (excluding diaryl/α,β-unsaturated/α-hetero) is 2. The summed E-state index contributed by atoms with van der Waals surface area (Å²) in [5.74, 6) is -0.504. The number of hydrogen-bond donors (Lipinski definition) is 0. The Kier molecular flexibility index (Phi) is 6.63. The highest BCUT2D eigenvalue weighted by Crippen LogP contribution is 2.30. The van der Waals surface area contributed by atoms with Crippen molar-refractivity contribution in [2.75, 3.05) is 13.1 Å². The van der Waals surface area contributed by atoms with Crippen molar-refractivity contribution >= 4 is 35.6 Å². The van der Waals surface area contributed by atoms with Gasteiger partial charge in [-0.25, -0.2) is 0 Å². The van der Waals surface area contributed by atoms with Crippen molar-refractivity contribution in [1.82, 2.24) is 4.90 Å². The van der Waals surface area contributed by atoms with E-state index in [-0.39, 0.29) is 30.0 Å². The molecule has 0 aromatic heterocycles. The highest BCUT2D eigenvalue weighted by molar-refractivity contribution is 6.34. The van der Waals surface area contributed by atoms with Gasteiger partial charge in [0.25, 0.3) is 0 Å². The molecule has 1 heterocycles. The number of likely N-dealkylation sites (tertiary alicyclic amines) is 1. The van der Waals surface area contributed by atoms with Gasteiger partial charge in [0.15, 0.2) is 11.6 Å². The number of benzene rings is 1. The maximum atomic E-state index is 12.8. The lowest BCUT2D eigenvalue weighted by molar-refractivity contribution is -0.129. The summed E-state index contributed by atoms with van der Waals surface area (Å²) in [6.07, 6.45) is 6.06. The Morgan fingerprint density at radius 1 is 1.04 bits per heavy atom. The molecule has 3 rings (SSSR count). The first kappa shape index (κ1) is 18.4. The minimum absolute atomic E-state index is 0. The quantitative estimate of drug-likeness (QED) is 0.603. The van der Waals surface area contributed by atoms with Crippen LogP contribution in [0.5, 0.6) is 0 Å². The smallest absolute Gasteiger partial charge is 0.174 e. The molecule has 0 radical (unpaired) electrons. The molecule has 0 spiro atoms. The molecule has 1 aliphatic heterocycles. The second-order valence-corrected chi connectivity index (χ2v) is 6.75. The van der Waals surface area contributed by atoms with Gasteiger partial charge in [0.05, 0.1) is 17.0 Å². The number of nitrogens with zero attached hydrogens (tertiary/aromatic N) is 1. The summed E-state index contributed by atoms with van der Waals surface area (Å²) < 4.78 is 0. The summed E-state index contributed by atoms with van der Waals surface area (Å²) in [6.45, 7) is 1.98. The van der Waals surface area contributed by atoms with Gasteiger partial charge >= 0.3 is 0 Å². The first-order valence-corrected chi connectivity index (χ1v) is 8.63. The third-order valence-electron chi connectivity index (χ3n) is 4.93. The topological polar surface area (TPSA) is 37.4 Å². The molecule has 0 amide bonds. The number of carbonyl (C=O) groups is 2. The van der Waals surface area contributed by atoms with Crippen molar-refractivity contribution in [2.45, 2.75) is 44.6 Å². The van der Waals surface area contributed by atoms with Crippen LogP contribution < -0.4 is 0 Å². The van der Waals surface area contributed by atoms with Crippen molar-refractivity contribution in [2.24, 2.45) is 5.92 Å². The Morgan fingerprint density at radius 3 is 2.43 bits per heavy atom. The molecule has 1 saturated carbocycles. The third-order valence-corrected chi connectivity index (χ3v) is 5.26. The van der Waals surface area contributed by atoms with Crippen molar-refractivity contribution in [3.05, 3.63) is 34.9 Å². The molecule has 1 aromatic rings. The highest BCUT2D eigenvalue weighted by atomic mass is 35.5. The van der Waals surface area contributed by atoms with Gasteiger partial charge in [-0.15, -0.1) is 12.4 Å². The number of rotatable bonds is 3. The van der Waals surface area contributed by atoms with Gasteiger partial charge in [-0.05, 0) is 50.9 Å². The molecular weight excluding hydrogens is 333 g/mol. The number of halogens is 2. The zero-order chi connectivity index (χ0) is 15.5. The van der Waals surface area contributed by atoms with E-state index in [1.165, 1.54) is 6.42 Å². The molecule has 1 saturated heterocycles. The Bertz CT molecular complexity index is 570. The molecule has 0 bridgehead atoms. The van der Waals surface area contributed by atoms with Crippen LogP contribution in [0.3, 0.4) is 0 Å². The van der Waals surface area contributed by atoms with Gasteiger partial charge in [0, 0.05) is 5.56 Å². The van der Waals surface area contributed by atoms with E-state index in [9.17, 15) is 9.59 Å². The summed E-state index contributed by atoms with van der Waals surface area (Å²) in [6, 6.07) is 6.98. The van der Waals surface area contributed by atoms with Crippen LogP contribution in [0.25, 0.3) is 0 Å². The fourth-order valence-corrected chi connectivity index (χ4v) is 3.96. The molecule has 1 aromatic carbocycles.